The number of amides is 2. The SMILES string of the molecule is CC(C)OC(=O)N1c2ccccc2C(C(C(N)=O)c2cc(C(F)(F)F)cc(C(F)(F)F)c2)CC1(C)F. The van der Waals surface area contributed by atoms with E-state index in [1.807, 2.05) is 0 Å². The molecule has 1 heterocycles. The van der Waals surface area contributed by atoms with E-state index in [4.69, 9.17) is 10.5 Å². The zero-order valence-corrected chi connectivity index (χ0v) is 19.4. The van der Waals surface area contributed by atoms with E-state index < -0.39 is 71.2 Å². The first-order valence-electron chi connectivity index (χ1n) is 10.8. The molecule has 2 amide bonds. The van der Waals surface area contributed by atoms with Crippen molar-refractivity contribution in [3.63, 3.8) is 0 Å². The first kappa shape index (κ1) is 27.3. The molecule has 0 saturated heterocycles. The molecule has 5 nitrogen and oxygen atoms in total. The van der Waals surface area contributed by atoms with Gasteiger partial charge in [-0.15, -0.1) is 0 Å². The Morgan fingerprint density at radius 2 is 1.56 bits per heavy atom. The predicted octanol–water partition coefficient (Wildman–Crippen LogP) is 6.52. The molecule has 0 bridgehead atoms. The molecule has 12 heteroatoms. The van der Waals surface area contributed by atoms with Crippen LogP contribution in [0, 0.1) is 0 Å². The van der Waals surface area contributed by atoms with Gasteiger partial charge in [0.05, 0.1) is 28.8 Å². The molecule has 196 valence electrons. The van der Waals surface area contributed by atoms with Gasteiger partial charge in [0.2, 0.25) is 5.91 Å². The molecule has 0 radical (unpaired) electrons. The summed E-state index contributed by atoms with van der Waals surface area (Å²) in [5, 5.41) is 0. The van der Waals surface area contributed by atoms with Gasteiger partial charge in [-0.25, -0.2) is 14.1 Å². The van der Waals surface area contributed by atoms with Crippen LogP contribution < -0.4 is 10.6 Å². The highest BCUT2D eigenvalue weighted by Gasteiger charge is 2.49. The van der Waals surface area contributed by atoms with Gasteiger partial charge in [0.1, 0.15) is 0 Å². The number of para-hydroxylation sites is 1. The first-order valence-corrected chi connectivity index (χ1v) is 10.8. The van der Waals surface area contributed by atoms with Crippen molar-refractivity contribution in [2.45, 2.75) is 63.3 Å². The standard InChI is InChI=1S/C24H23F7N2O3/c1-12(2)36-21(35)33-18-7-5-4-6-16(18)17(11-22(33,3)25)19(20(32)34)13-8-14(23(26,27)28)10-15(9-13)24(29,30)31/h4-10,12,17,19H,11H2,1-3H3,(H2,32,34). The van der Waals surface area contributed by atoms with Crippen molar-refractivity contribution in [2.24, 2.45) is 5.73 Å². The van der Waals surface area contributed by atoms with Crippen LogP contribution in [0.15, 0.2) is 42.5 Å². The van der Waals surface area contributed by atoms with Crippen molar-refractivity contribution in [1.29, 1.82) is 0 Å². The van der Waals surface area contributed by atoms with Gasteiger partial charge in [0.15, 0.2) is 5.79 Å². The number of nitrogens with two attached hydrogens (primary N) is 1. The van der Waals surface area contributed by atoms with Crippen LogP contribution in [-0.2, 0) is 21.9 Å². The van der Waals surface area contributed by atoms with Crippen molar-refractivity contribution < 1.29 is 45.1 Å². The summed E-state index contributed by atoms with van der Waals surface area (Å²) in [6.07, 6.45) is -12.6. The predicted molar refractivity (Wildman–Crippen MR) is 116 cm³/mol. The fraction of sp³-hybridized carbons (Fsp3) is 0.417. The van der Waals surface area contributed by atoms with Crippen molar-refractivity contribution >= 4 is 17.7 Å². The van der Waals surface area contributed by atoms with Gasteiger partial charge >= 0.3 is 18.4 Å². The largest absolute Gasteiger partial charge is 0.446 e. The molecular formula is C24H23F7N2O3. The van der Waals surface area contributed by atoms with Gasteiger partial charge < -0.3 is 10.5 Å². The van der Waals surface area contributed by atoms with Gasteiger partial charge in [-0.1, -0.05) is 18.2 Å². The molecule has 3 unspecified atom stereocenters. The van der Waals surface area contributed by atoms with Gasteiger partial charge in [0, 0.05) is 12.3 Å². The maximum atomic E-state index is 16.0. The number of rotatable bonds is 4. The fourth-order valence-corrected chi connectivity index (χ4v) is 4.45. The Hall–Kier alpha value is -3.31. The molecule has 1 aliphatic heterocycles. The average molecular weight is 520 g/mol. The van der Waals surface area contributed by atoms with E-state index in [-0.39, 0.29) is 17.3 Å². The number of hydrogen-bond donors (Lipinski definition) is 1. The number of alkyl halides is 7. The third-order valence-corrected chi connectivity index (χ3v) is 5.83. The Balaban J connectivity index is 2.23. The zero-order valence-electron chi connectivity index (χ0n) is 19.4. The van der Waals surface area contributed by atoms with E-state index in [1.54, 1.807) is 13.8 Å². The lowest BCUT2D eigenvalue weighted by molar-refractivity contribution is -0.143. The minimum absolute atomic E-state index is 0.0429. The second-order valence-electron chi connectivity index (χ2n) is 9.00. The Labute approximate surface area is 202 Å². The van der Waals surface area contributed by atoms with E-state index in [0.717, 1.165) is 6.92 Å². The number of primary amides is 1. The Kier molecular flexibility index (Phi) is 7.04. The summed E-state index contributed by atoms with van der Waals surface area (Å²) in [7, 11) is 0. The minimum atomic E-state index is -5.16. The van der Waals surface area contributed by atoms with Crippen molar-refractivity contribution in [2.75, 3.05) is 4.90 Å². The maximum Gasteiger partial charge on any atom is 0.417 e. The lowest BCUT2D eigenvalue weighted by Crippen LogP contribution is -2.52. The fourth-order valence-electron chi connectivity index (χ4n) is 4.45. The van der Waals surface area contributed by atoms with Crippen LogP contribution in [0.1, 0.15) is 61.3 Å². The summed E-state index contributed by atoms with van der Waals surface area (Å²) >= 11 is 0. The van der Waals surface area contributed by atoms with Gasteiger partial charge in [-0.3, -0.25) is 4.79 Å². The second-order valence-corrected chi connectivity index (χ2v) is 9.00. The molecule has 36 heavy (non-hydrogen) atoms. The van der Waals surface area contributed by atoms with E-state index in [2.05, 4.69) is 0 Å². The van der Waals surface area contributed by atoms with Crippen LogP contribution in [-0.4, -0.2) is 23.9 Å². The van der Waals surface area contributed by atoms with Crippen LogP contribution in [0.4, 0.5) is 41.2 Å². The Morgan fingerprint density at radius 1 is 1.03 bits per heavy atom. The number of anilines is 1. The molecule has 0 saturated carbocycles. The summed E-state index contributed by atoms with van der Waals surface area (Å²) < 4.78 is 102. The molecule has 0 fully saturated rings. The topological polar surface area (TPSA) is 72.6 Å². The minimum Gasteiger partial charge on any atom is -0.446 e. The number of nitrogens with zero attached hydrogens (tertiary/aromatic N) is 1. The summed E-state index contributed by atoms with van der Waals surface area (Å²) in [6, 6.07) is 6.41. The summed E-state index contributed by atoms with van der Waals surface area (Å²) in [6.45, 7) is 4.09. The van der Waals surface area contributed by atoms with Crippen molar-refractivity contribution in [1.82, 2.24) is 0 Å². The van der Waals surface area contributed by atoms with Gasteiger partial charge in [-0.2, -0.15) is 26.3 Å². The number of fused-ring (bicyclic) bond motifs is 1. The molecule has 3 rings (SSSR count). The summed E-state index contributed by atoms with van der Waals surface area (Å²) in [4.78, 5) is 25.9. The van der Waals surface area contributed by atoms with Crippen LogP contribution >= 0.6 is 0 Å². The molecule has 2 N–H and O–H groups in total. The Bertz CT molecular complexity index is 1130. The highest BCUT2D eigenvalue weighted by atomic mass is 19.4. The zero-order chi connectivity index (χ0) is 27.2. The molecule has 0 aliphatic carbocycles. The smallest absolute Gasteiger partial charge is 0.417 e. The van der Waals surface area contributed by atoms with Crippen molar-refractivity contribution in [3.8, 4) is 0 Å². The van der Waals surface area contributed by atoms with E-state index in [0.29, 0.717) is 17.0 Å². The van der Waals surface area contributed by atoms with Gasteiger partial charge in [-0.05, 0) is 56.2 Å². The molecule has 3 atom stereocenters. The highest BCUT2D eigenvalue weighted by Crippen LogP contribution is 2.51. The molecular weight excluding hydrogens is 497 g/mol. The van der Waals surface area contributed by atoms with E-state index in [1.165, 1.54) is 24.3 Å². The first-order chi connectivity index (χ1) is 16.4. The van der Waals surface area contributed by atoms with E-state index in [9.17, 15) is 35.9 Å². The quantitative estimate of drug-likeness (QED) is 0.369. The maximum absolute atomic E-state index is 16.0. The lowest BCUT2D eigenvalue weighted by Gasteiger charge is -2.44. The lowest BCUT2D eigenvalue weighted by atomic mass is 9.73. The van der Waals surface area contributed by atoms with Crippen LogP contribution in [0.2, 0.25) is 0 Å². The number of hydrogen-bond acceptors (Lipinski definition) is 3. The number of carbonyl (C=O) groups is 2. The molecule has 2 aromatic rings. The number of carbonyl (C=O) groups excluding carboxylic acids is 2. The van der Waals surface area contributed by atoms with Gasteiger partial charge in [0.25, 0.3) is 0 Å². The third-order valence-electron chi connectivity index (χ3n) is 5.83. The normalized spacial score (nSPS) is 21.2. The Morgan fingerprint density at radius 3 is 2.03 bits per heavy atom. The molecule has 0 aromatic heterocycles. The average Bonchev–Trinajstić information content (AvgIpc) is 2.71. The summed E-state index contributed by atoms with van der Waals surface area (Å²) in [5.74, 6) is -6.83. The number of benzene rings is 2. The molecule has 0 spiro atoms. The van der Waals surface area contributed by atoms with Crippen molar-refractivity contribution in [3.05, 3.63) is 64.7 Å². The second kappa shape index (κ2) is 9.29. The highest BCUT2D eigenvalue weighted by molar-refractivity contribution is 5.92. The van der Waals surface area contributed by atoms with Crippen LogP contribution in [0.5, 0.6) is 0 Å². The monoisotopic (exact) mass is 520 g/mol. The third kappa shape index (κ3) is 5.41. The van der Waals surface area contributed by atoms with E-state index >= 15 is 4.39 Å². The molecule has 2 aromatic carbocycles. The van der Waals surface area contributed by atoms with Crippen LogP contribution in [0.25, 0.3) is 0 Å². The summed E-state index contributed by atoms with van der Waals surface area (Å²) in [5.41, 5.74) is 1.66. The number of halogens is 7. The van der Waals surface area contributed by atoms with Crippen LogP contribution in [0.3, 0.4) is 0 Å². The molecule has 1 aliphatic rings. The number of ether oxygens (including phenoxy) is 1.